The van der Waals surface area contributed by atoms with E-state index in [1.807, 2.05) is 13.8 Å². The van der Waals surface area contributed by atoms with Crippen molar-refractivity contribution in [2.45, 2.75) is 89.0 Å². The lowest BCUT2D eigenvalue weighted by Gasteiger charge is -2.33. The summed E-state index contributed by atoms with van der Waals surface area (Å²) in [4.78, 5) is 43.3. The zero-order valence-electron chi connectivity index (χ0n) is 20.2. The molecular weight excluding hydrogens is 442 g/mol. The molecule has 0 aromatic carbocycles. The second kappa shape index (κ2) is 9.96. The summed E-state index contributed by atoms with van der Waals surface area (Å²) < 4.78 is 6.82. The van der Waals surface area contributed by atoms with Gasteiger partial charge in [-0.15, -0.1) is 5.10 Å². The maximum absolute atomic E-state index is 13.8. The fourth-order valence-corrected chi connectivity index (χ4v) is 5.24. The molecule has 0 unspecified atom stereocenters. The van der Waals surface area contributed by atoms with Gasteiger partial charge >= 0.3 is 0 Å². The van der Waals surface area contributed by atoms with Crippen LogP contribution in [-0.2, 0) is 25.7 Å². The van der Waals surface area contributed by atoms with E-state index >= 15 is 0 Å². The van der Waals surface area contributed by atoms with Crippen LogP contribution >= 0.6 is 0 Å². The molecule has 0 spiro atoms. The molecule has 4 rings (SSSR count). The highest BCUT2D eigenvalue weighted by atomic mass is 16.5. The maximum atomic E-state index is 13.8. The van der Waals surface area contributed by atoms with Crippen molar-refractivity contribution < 1.29 is 24.2 Å². The van der Waals surface area contributed by atoms with Crippen LogP contribution in [0.15, 0.2) is 6.20 Å². The first-order chi connectivity index (χ1) is 16.2. The molecule has 188 valence electrons. The second-order valence-electron chi connectivity index (χ2n) is 9.89. The van der Waals surface area contributed by atoms with E-state index in [2.05, 4.69) is 25.8 Å². The van der Waals surface area contributed by atoms with E-state index in [0.29, 0.717) is 38.2 Å². The molecule has 3 aliphatic rings. The Balaban J connectivity index is 1.64. The van der Waals surface area contributed by atoms with Gasteiger partial charge in [0.25, 0.3) is 0 Å². The standard InChI is InChI=1S/C22H35N7O5/c1-12(2)27-8-14-5-18(27)22(33)28-10-16(29-9-15(11-34-4)25-26-29)6-17(28)21(32)23-13(3)19(30)7-20(31)24-14/h9,12-14,16-19,30H,5-8,10-11H2,1-4H3,(H,23,32)(H,24,31)/t13-,14+,16-,17-,18-,19-/m0/s1. The van der Waals surface area contributed by atoms with Crippen molar-refractivity contribution in [3.8, 4) is 0 Å². The van der Waals surface area contributed by atoms with Gasteiger partial charge in [-0.1, -0.05) is 5.21 Å². The van der Waals surface area contributed by atoms with Crippen molar-refractivity contribution >= 4 is 17.7 Å². The number of ether oxygens (including phenoxy) is 1. The lowest BCUT2D eigenvalue weighted by molar-refractivity contribution is -0.142. The number of nitrogens with zero attached hydrogens (tertiary/aromatic N) is 5. The Morgan fingerprint density at radius 3 is 2.65 bits per heavy atom. The van der Waals surface area contributed by atoms with E-state index in [0.717, 1.165) is 0 Å². The monoisotopic (exact) mass is 477 g/mol. The summed E-state index contributed by atoms with van der Waals surface area (Å²) in [6.07, 6.45) is 1.48. The van der Waals surface area contributed by atoms with Gasteiger partial charge in [0.2, 0.25) is 17.7 Å². The number of likely N-dealkylation sites (tertiary alicyclic amines) is 1. The third kappa shape index (κ3) is 4.93. The number of rotatable bonds is 4. The fourth-order valence-electron chi connectivity index (χ4n) is 5.24. The molecule has 34 heavy (non-hydrogen) atoms. The minimum atomic E-state index is -1.03. The number of methoxy groups -OCH3 is 1. The van der Waals surface area contributed by atoms with Crippen LogP contribution in [0.5, 0.6) is 0 Å². The molecule has 3 saturated heterocycles. The number of carbonyl (C=O) groups is 3. The zero-order chi connectivity index (χ0) is 24.6. The summed E-state index contributed by atoms with van der Waals surface area (Å²) in [7, 11) is 1.58. The number of aliphatic hydroxyl groups is 1. The van der Waals surface area contributed by atoms with Gasteiger partial charge in [0, 0.05) is 38.7 Å². The van der Waals surface area contributed by atoms with Crippen LogP contribution in [0, 0.1) is 0 Å². The van der Waals surface area contributed by atoms with Crippen LogP contribution < -0.4 is 10.6 Å². The van der Waals surface area contributed by atoms with E-state index in [1.165, 1.54) is 0 Å². The van der Waals surface area contributed by atoms with Crippen molar-refractivity contribution in [1.82, 2.24) is 35.4 Å². The highest BCUT2D eigenvalue weighted by Crippen LogP contribution is 2.31. The zero-order valence-corrected chi connectivity index (χ0v) is 20.2. The summed E-state index contributed by atoms with van der Waals surface area (Å²) >= 11 is 0. The van der Waals surface area contributed by atoms with Gasteiger partial charge in [-0.25, -0.2) is 4.68 Å². The Morgan fingerprint density at radius 1 is 1.18 bits per heavy atom. The van der Waals surface area contributed by atoms with E-state index in [1.54, 1.807) is 29.8 Å². The molecule has 3 amide bonds. The average molecular weight is 478 g/mol. The quantitative estimate of drug-likeness (QED) is 0.491. The SMILES string of the molecule is COCc1cn([C@H]2C[C@H]3C(=O)N[C@@H](C)[C@@H](O)CC(=O)N[C@@H]4C[C@@H](C(=O)N3C2)N(C(C)C)C4)nn1. The third-order valence-corrected chi connectivity index (χ3v) is 7.08. The summed E-state index contributed by atoms with van der Waals surface area (Å²) in [5.74, 6) is -0.754. The largest absolute Gasteiger partial charge is 0.390 e. The van der Waals surface area contributed by atoms with E-state index in [4.69, 9.17) is 4.74 Å². The molecule has 1 aromatic rings. The Morgan fingerprint density at radius 2 is 1.94 bits per heavy atom. The van der Waals surface area contributed by atoms with E-state index < -0.39 is 24.2 Å². The number of hydrogen-bond donors (Lipinski definition) is 3. The predicted octanol–water partition coefficient (Wildman–Crippen LogP) is -1.20. The van der Waals surface area contributed by atoms with Gasteiger partial charge in [0.1, 0.15) is 11.7 Å². The minimum Gasteiger partial charge on any atom is -0.390 e. The second-order valence-corrected chi connectivity index (χ2v) is 9.89. The minimum absolute atomic E-state index is 0.0898. The predicted molar refractivity (Wildman–Crippen MR) is 120 cm³/mol. The van der Waals surface area contributed by atoms with E-state index in [9.17, 15) is 19.5 Å². The van der Waals surface area contributed by atoms with Crippen LogP contribution in [-0.4, -0.2) is 104 Å². The first-order valence-corrected chi connectivity index (χ1v) is 11.9. The lowest BCUT2D eigenvalue weighted by atomic mass is 10.1. The maximum Gasteiger partial charge on any atom is 0.243 e. The lowest BCUT2D eigenvalue weighted by Crippen LogP contribution is -2.55. The first kappa shape index (κ1) is 24.6. The Bertz CT molecular complexity index is 921. The Kier molecular flexibility index (Phi) is 7.20. The first-order valence-electron chi connectivity index (χ1n) is 11.9. The fraction of sp³-hybridized carbons (Fsp3) is 0.773. The molecule has 12 heteroatoms. The number of nitrogens with one attached hydrogen (secondary N) is 2. The molecule has 0 aliphatic carbocycles. The van der Waals surface area contributed by atoms with Gasteiger partial charge in [0.15, 0.2) is 0 Å². The normalized spacial score (nSPS) is 33.2. The van der Waals surface area contributed by atoms with Gasteiger partial charge < -0.3 is 25.4 Å². The van der Waals surface area contributed by atoms with Crippen molar-refractivity contribution in [3.63, 3.8) is 0 Å². The number of fused-ring (bicyclic) bond motifs is 3. The third-order valence-electron chi connectivity index (χ3n) is 7.08. The molecule has 0 radical (unpaired) electrons. The van der Waals surface area contributed by atoms with Crippen molar-refractivity contribution in [2.75, 3.05) is 20.2 Å². The summed E-state index contributed by atoms with van der Waals surface area (Å²) in [5, 5.41) is 24.6. The van der Waals surface area contributed by atoms with Crippen LogP contribution in [0.4, 0.5) is 0 Å². The van der Waals surface area contributed by atoms with Crippen molar-refractivity contribution in [3.05, 3.63) is 11.9 Å². The molecule has 0 saturated carbocycles. The number of amides is 3. The topological polar surface area (TPSA) is 142 Å². The van der Waals surface area contributed by atoms with Gasteiger partial charge in [-0.2, -0.15) is 0 Å². The highest BCUT2D eigenvalue weighted by molar-refractivity contribution is 5.91. The van der Waals surface area contributed by atoms with Crippen LogP contribution in [0.2, 0.25) is 0 Å². The summed E-state index contributed by atoms with van der Waals surface area (Å²) in [5.41, 5.74) is 0.674. The number of carbonyl (C=O) groups excluding carboxylic acids is 3. The molecule has 12 nitrogen and oxygen atoms in total. The van der Waals surface area contributed by atoms with Crippen molar-refractivity contribution in [1.29, 1.82) is 0 Å². The average Bonchev–Trinajstić information content (AvgIpc) is 3.50. The van der Waals surface area contributed by atoms with Gasteiger partial charge in [-0.05, 0) is 27.2 Å². The van der Waals surface area contributed by atoms with E-state index in [-0.39, 0.29) is 42.3 Å². The molecule has 3 aliphatic heterocycles. The van der Waals surface area contributed by atoms with Gasteiger partial charge in [-0.3, -0.25) is 19.3 Å². The molecule has 3 N–H and O–H groups in total. The highest BCUT2D eigenvalue weighted by Gasteiger charge is 2.47. The van der Waals surface area contributed by atoms with Crippen molar-refractivity contribution in [2.24, 2.45) is 0 Å². The molecular formula is C22H35N7O5. The molecule has 1 aromatic heterocycles. The van der Waals surface area contributed by atoms with Crippen LogP contribution in [0.25, 0.3) is 0 Å². The summed E-state index contributed by atoms with van der Waals surface area (Å²) in [6, 6.07) is -2.11. The van der Waals surface area contributed by atoms with Crippen LogP contribution in [0.1, 0.15) is 51.8 Å². The number of aliphatic hydroxyl groups excluding tert-OH is 1. The number of hydrogen-bond acceptors (Lipinski definition) is 8. The van der Waals surface area contributed by atoms with Gasteiger partial charge in [0.05, 0.1) is 43.5 Å². The molecule has 3 fully saturated rings. The smallest absolute Gasteiger partial charge is 0.243 e. The molecule has 6 atom stereocenters. The van der Waals surface area contributed by atoms with Crippen LogP contribution in [0.3, 0.4) is 0 Å². The summed E-state index contributed by atoms with van der Waals surface area (Å²) in [6.45, 7) is 6.89. The molecule has 2 bridgehead atoms. The molecule has 4 heterocycles. The number of aromatic nitrogens is 3. The Labute approximate surface area is 199 Å². The Hall–Kier alpha value is -2.57.